The molecule has 2 rings (SSSR count). The number of aromatic nitrogens is 2. The molecule has 2 atom stereocenters. The number of nitrogens with zero attached hydrogens (tertiary/aromatic N) is 2. The molecule has 1 aromatic heterocycles. The van der Waals surface area contributed by atoms with Gasteiger partial charge in [0.25, 0.3) is 0 Å². The van der Waals surface area contributed by atoms with Crippen molar-refractivity contribution in [1.29, 1.82) is 0 Å². The van der Waals surface area contributed by atoms with Gasteiger partial charge in [-0.05, 0) is 25.2 Å². The number of hydrogen-bond donors (Lipinski definition) is 1. The van der Waals surface area contributed by atoms with Gasteiger partial charge in [-0.1, -0.05) is 38.0 Å². The lowest BCUT2D eigenvalue weighted by atomic mass is 9.91. The minimum Gasteiger partial charge on any atom is -0.360 e. The molecule has 1 N–H and O–H groups in total. The van der Waals surface area contributed by atoms with Gasteiger partial charge < -0.3 is 5.32 Å². The zero-order valence-corrected chi connectivity index (χ0v) is 12.9. The van der Waals surface area contributed by atoms with Gasteiger partial charge in [0, 0.05) is 17.5 Å². The van der Waals surface area contributed by atoms with Gasteiger partial charge in [-0.2, -0.15) is 11.8 Å². The minimum absolute atomic E-state index is 0.838. The molecule has 0 bridgehead atoms. The smallest absolute Gasteiger partial charge is 0.205 e. The fourth-order valence-electron chi connectivity index (χ4n) is 2.33. The maximum atomic E-state index is 4.26. The number of rotatable bonds is 6. The monoisotopic (exact) mass is 285 g/mol. The van der Waals surface area contributed by atoms with Crippen LogP contribution in [0.5, 0.6) is 0 Å². The molecule has 1 saturated carbocycles. The van der Waals surface area contributed by atoms with Gasteiger partial charge in [0.05, 0.1) is 0 Å². The summed E-state index contributed by atoms with van der Waals surface area (Å²) in [5.74, 6) is 1.94. The Bertz CT molecular complexity index is 354. The molecular formula is C13H23N3S2. The summed E-state index contributed by atoms with van der Waals surface area (Å²) in [6.07, 6.45) is 6.71. The van der Waals surface area contributed by atoms with Crippen molar-refractivity contribution in [3.8, 4) is 0 Å². The summed E-state index contributed by atoms with van der Waals surface area (Å²) in [4.78, 5) is 0. The van der Waals surface area contributed by atoms with Crippen molar-refractivity contribution >= 4 is 28.2 Å². The van der Waals surface area contributed by atoms with E-state index in [0.717, 1.165) is 40.0 Å². The molecule has 0 radical (unpaired) electrons. The highest BCUT2D eigenvalue weighted by Gasteiger charge is 2.19. The predicted octanol–water partition coefficient (Wildman–Crippen LogP) is 4.17. The van der Waals surface area contributed by atoms with Gasteiger partial charge in [-0.25, -0.2) is 0 Å². The first kappa shape index (κ1) is 14.1. The summed E-state index contributed by atoms with van der Waals surface area (Å²) in [7, 11) is 0. The third-order valence-electron chi connectivity index (χ3n) is 3.32. The quantitative estimate of drug-likeness (QED) is 0.851. The van der Waals surface area contributed by atoms with Crippen LogP contribution in [0.3, 0.4) is 0 Å². The van der Waals surface area contributed by atoms with Crippen LogP contribution >= 0.6 is 23.1 Å². The first-order chi connectivity index (χ1) is 8.78. The van der Waals surface area contributed by atoms with E-state index in [9.17, 15) is 0 Å². The lowest BCUT2D eigenvalue weighted by molar-refractivity contribution is 0.394. The minimum atomic E-state index is 0.838. The second kappa shape index (κ2) is 7.34. The molecule has 0 spiro atoms. The fraction of sp³-hybridized carbons (Fsp3) is 0.846. The summed E-state index contributed by atoms with van der Waals surface area (Å²) in [6.45, 7) is 5.53. The van der Waals surface area contributed by atoms with Crippen LogP contribution in [-0.4, -0.2) is 22.0 Å². The van der Waals surface area contributed by atoms with Crippen LogP contribution in [0, 0.1) is 5.92 Å². The first-order valence-corrected chi connectivity index (χ1v) is 8.82. The zero-order valence-electron chi connectivity index (χ0n) is 11.3. The molecule has 0 amide bonds. The topological polar surface area (TPSA) is 37.8 Å². The highest BCUT2D eigenvalue weighted by molar-refractivity contribution is 7.99. The summed E-state index contributed by atoms with van der Waals surface area (Å²) in [5.41, 5.74) is 0. The number of anilines is 1. The third kappa shape index (κ3) is 4.43. The maximum absolute atomic E-state index is 4.26. The van der Waals surface area contributed by atoms with Crippen LogP contribution in [0.2, 0.25) is 0 Å². The molecule has 2 unspecified atom stereocenters. The van der Waals surface area contributed by atoms with Crippen molar-refractivity contribution < 1.29 is 0 Å². The molecular weight excluding hydrogens is 262 g/mol. The van der Waals surface area contributed by atoms with Crippen LogP contribution in [-0.2, 0) is 5.75 Å². The average Bonchev–Trinajstić information content (AvgIpc) is 2.82. The molecule has 1 heterocycles. The van der Waals surface area contributed by atoms with Crippen LogP contribution in [0.25, 0.3) is 0 Å². The van der Waals surface area contributed by atoms with Gasteiger partial charge in [0.1, 0.15) is 5.01 Å². The molecule has 1 aliphatic carbocycles. The van der Waals surface area contributed by atoms with E-state index >= 15 is 0 Å². The van der Waals surface area contributed by atoms with E-state index in [1.807, 2.05) is 0 Å². The lowest BCUT2D eigenvalue weighted by Crippen LogP contribution is -2.15. The molecule has 102 valence electrons. The number of nitrogens with one attached hydrogen (secondary N) is 1. The second-order valence-electron chi connectivity index (χ2n) is 5.13. The van der Waals surface area contributed by atoms with Crippen molar-refractivity contribution in [1.82, 2.24) is 10.2 Å². The second-order valence-corrected chi connectivity index (χ2v) is 7.48. The Morgan fingerprint density at radius 3 is 3.06 bits per heavy atom. The average molecular weight is 285 g/mol. The molecule has 1 fully saturated rings. The predicted molar refractivity (Wildman–Crippen MR) is 81.4 cm³/mol. The van der Waals surface area contributed by atoms with E-state index in [4.69, 9.17) is 0 Å². The molecule has 0 aromatic carbocycles. The third-order valence-corrected chi connectivity index (χ3v) is 5.73. The normalized spacial score (nSPS) is 24.1. The van der Waals surface area contributed by atoms with Crippen molar-refractivity contribution in [3.05, 3.63) is 5.01 Å². The van der Waals surface area contributed by atoms with Gasteiger partial charge in [-0.3, -0.25) is 0 Å². The van der Waals surface area contributed by atoms with E-state index in [1.165, 1.54) is 25.7 Å². The van der Waals surface area contributed by atoms with Crippen LogP contribution < -0.4 is 5.32 Å². The Kier molecular flexibility index (Phi) is 5.76. The van der Waals surface area contributed by atoms with E-state index in [1.54, 1.807) is 11.3 Å². The maximum Gasteiger partial charge on any atom is 0.205 e. The van der Waals surface area contributed by atoms with Gasteiger partial charge >= 0.3 is 0 Å². The van der Waals surface area contributed by atoms with Crippen molar-refractivity contribution in [2.45, 2.75) is 57.0 Å². The summed E-state index contributed by atoms with van der Waals surface area (Å²) in [5, 5.41) is 14.7. The molecule has 1 aliphatic rings. The van der Waals surface area contributed by atoms with E-state index in [0.29, 0.717) is 0 Å². The van der Waals surface area contributed by atoms with Crippen LogP contribution in [0.15, 0.2) is 0 Å². The van der Waals surface area contributed by atoms with E-state index in [2.05, 4.69) is 41.1 Å². The number of hydrogen-bond acceptors (Lipinski definition) is 5. The van der Waals surface area contributed by atoms with E-state index < -0.39 is 0 Å². The van der Waals surface area contributed by atoms with Gasteiger partial charge in [0.15, 0.2) is 0 Å². The SMILES string of the molecule is CCCNc1nnc(CSC2CCCC(C)C2)s1. The summed E-state index contributed by atoms with van der Waals surface area (Å²) < 4.78 is 0. The largest absolute Gasteiger partial charge is 0.360 e. The number of thioether (sulfide) groups is 1. The Balaban J connectivity index is 1.74. The highest BCUT2D eigenvalue weighted by atomic mass is 32.2. The molecule has 3 nitrogen and oxygen atoms in total. The molecule has 5 heteroatoms. The van der Waals surface area contributed by atoms with Gasteiger partial charge in [0.2, 0.25) is 5.13 Å². The van der Waals surface area contributed by atoms with Crippen LogP contribution in [0.1, 0.15) is 51.0 Å². The zero-order chi connectivity index (χ0) is 12.8. The Labute approximate surface area is 118 Å². The van der Waals surface area contributed by atoms with Crippen molar-refractivity contribution in [3.63, 3.8) is 0 Å². The highest BCUT2D eigenvalue weighted by Crippen LogP contribution is 2.34. The lowest BCUT2D eigenvalue weighted by Gasteiger charge is -2.25. The molecule has 1 aromatic rings. The van der Waals surface area contributed by atoms with Crippen LogP contribution in [0.4, 0.5) is 5.13 Å². The molecule has 18 heavy (non-hydrogen) atoms. The van der Waals surface area contributed by atoms with Gasteiger partial charge in [-0.15, -0.1) is 10.2 Å². The standard InChI is InChI=1S/C13H23N3S2/c1-3-7-14-13-16-15-12(18-13)9-17-11-6-4-5-10(2)8-11/h10-11H,3-9H2,1-2H3,(H,14,16). The summed E-state index contributed by atoms with van der Waals surface area (Å²) >= 11 is 3.78. The van der Waals surface area contributed by atoms with E-state index in [-0.39, 0.29) is 0 Å². The van der Waals surface area contributed by atoms with Crippen molar-refractivity contribution in [2.75, 3.05) is 11.9 Å². The Hall–Kier alpha value is -0.290. The van der Waals surface area contributed by atoms with Crippen molar-refractivity contribution in [2.24, 2.45) is 5.92 Å². The Morgan fingerprint density at radius 1 is 1.39 bits per heavy atom. The summed E-state index contributed by atoms with van der Waals surface area (Å²) in [6, 6.07) is 0. The molecule has 0 aliphatic heterocycles. The fourth-order valence-corrected chi connectivity index (χ4v) is 4.57. The molecule has 0 saturated heterocycles. The Morgan fingerprint density at radius 2 is 2.28 bits per heavy atom. The first-order valence-electron chi connectivity index (χ1n) is 6.95.